The van der Waals surface area contributed by atoms with E-state index in [1.165, 1.54) is 0 Å². The van der Waals surface area contributed by atoms with Crippen molar-refractivity contribution in [3.63, 3.8) is 0 Å². The molecule has 158 valence electrons. The van der Waals surface area contributed by atoms with Crippen LogP contribution >= 0.6 is 11.3 Å². The maximum absolute atomic E-state index is 12.6. The Bertz CT molecular complexity index is 1180. The molecule has 0 spiro atoms. The number of carbonyl (C=O) groups is 1. The average molecular weight is 446 g/mol. The van der Waals surface area contributed by atoms with Crippen LogP contribution in [0.25, 0.3) is 12.2 Å². The summed E-state index contributed by atoms with van der Waals surface area (Å²) in [5, 5.41) is 6.64. The SMILES string of the molecule is CCC(=O)Nc1c(C)noc1/C=C/c1ccc(S(=O)(=O)NCc2cccc(C)c2)s1. The topological polar surface area (TPSA) is 101 Å². The van der Waals surface area contributed by atoms with E-state index in [1.54, 1.807) is 38.1 Å². The summed E-state index contributed by atoms with van der Waals surface area (Å²) in [4.78, 5) is 12.4. The highest BCUT2D eigenvalue weighted by atomic mass is 32.2. The van der Waals surface area contributed by atoms with Gasteiger partial charge in [-0.1, -0.05) is 41.9 Å². The van der Waals surface area contributed by atoms with Gasteiger partial charge in [0.05, 0.1) is 0 Å². The zero-order valence-corrected chi connectivity index (χ0v) is 18.6. The standard InChI is InChI=1S/C21H23N3O4S2/c1-4-19(25)23-21-15(3)24-28-18(21)10-8-17-9-11-20(29-17)30(26,27)22-13-16-7-5-6-14(2)12-16/h5-12,22H,4,13H2,1-3H3,(H,23,25)/b10-8+. The molecule has 9 heteroatoms. The molecular formula is C21H23N3O4S2. The fourth-order valence-corrected chi connectivity index (χ4v) is 4.97. The first-order valence-corrected chi connectivity index (χ1v) is 11.7. The van der Waals surface area contributed by atoms with E-state index >= 15 is 0 Å². The molecule has 3 rings (SSSR count). The number of hydrogen-bond acceptors (Lipinski definition) is 6. The Morgan fingerprint density at radius 3 is 2.73 bits per heavy atom. The lowest BCUT2D eigenvalue weighted by molar-refractivity contribution is -0.115. The third kappa shape index (κ3) is 5.44. The quantitative estimate of drug-likeness (QED) is 0.537. The molecule has 2 aromatic heterocycles. The van der Waals surface area contributed by atoms with Crippen LogP contribution in [0, 0.1) is 13.8 Å². The fourth-order valence-electron chi connectivity index (χ4n) is 2.68. The number of aromatic nitrogens is 1. The van der Waals surface area contributed by atoms with Gasteiger partial charge in [-0.25, -0.2) is 13.1 Å². The molecule has 3 aromatic rings. The van der Waals surface area contributed by atoms with Gasteiger partial charge in [-0.05, 0) is 43.7 Å². The van der Waals surface area contributed by atoms with E-state index in [2.05, 4.69) is 15.2 Å². The molecule has 1 aromatic carbocycles. The van der Waals surface area contributed by atoms with Crippen LogP contribution in [-0.4, -0.2) is 19.5 Å². The predicted molar refractivity (Wildman–Crippen MR) is 119 cm³/mol. The van der Waals surface area contributed by atoms with E-state index in [1.807, 2.05) is 31.2 Å². The number of nitrogens with zero attached hydrogens (tertiary/aromatic N) is 1. The van der Waals surface area contributed by atoms with Crippen molar-refractivity contribution in [2.24, 2.45) is 0 Å². The zero-order chi connectivity index (χ0) is 21.7. The number of carbonyl (C=O) groups excluding carboxylic acids is 1. The van der Waals surface area contributed by atoms with Gasteiger partial charge in [-0.15, -0.1) is 11.3 Å². The van der Waals surface area contributed by atoms with Crippen LogP contribution < -0.4 is 10.0 Å². The first kappa shape index (κ1) is 21.9. The molecule has 2 N–H and O–H groups in total. The van der Waals surface area contributed by atoms with Crippen molar-refractivity contribution < 1.29 is 17.7 Å². The third-order valence-electron chi connectivity index (χ3n) is 4.29. The number of benzene rings is 1. The first-order valence-electron chi connectivity index (χ1n) is 9.37. The maximum Gasteiger partial charge on any atom is 0.250 e. The average Bonchev–Trinajstić information content (AvgIpc) is 3.33. The van der Waals surface area contributed by atoms with Gasteiger partial charge in [0, 0.05) is 17.8 Å². The molecule has 0 saturated carbocycles. The molecule has 1 amide bonds. The summed E-state index contributed by atoms with van der Waals surface area (Å²) in [5.74, 6) is 0.268. The van der Waals surface area contributed by atoms with E-state index in [4.69, 9.17) is 4.52 Å². The van der Waals surface area contributed by atoms with Gasteiger partial charge in [0.15, 0.2) is 5.76 Å². The minimum absolute atomic E-state index is 0.139. The molecule has 0 aliphatic heterocycles. The van der Waals surface area contributed by atoms with Crippen molar-refractivity contribution in [1.29, 1.82) is 0 Å². The Labute approximate surface area is 179 Å². The van der Waals surface area contributed by atoms with E-state index in [0.717, 1.165) is 27.3 Å². The van der Waals surface area contributed by atoms with Crippen molar-refractivity contribution in [2.75, 3.05) is 5.32 Å². The van der Waals surface area contributed by atoms with Crippen LogP contribution in [0.5, 0.6) is 0 Å². The summed E-state index contributed by atoms with van der Waals surface area (Å²) in [6, 6.07) is 11.0. The summed E-state index contributed by atoms with van der Waals surface area (Å²) in [7, 11) is -3.61. The first-order chi connectivity index (χ1) is 14.3. The van der Waals surface area contributed by atoms with Crippen molar-refractivity contribution in [3.8, 4) is 0 Å². The number of hydrogen-bond donors (Lipinski definition) is 2. The Kier molecular flexibility index (Phi) is 6.86. The molecule has 0 fully saturated rings. The predicted octanol–water partition coefficient (Wildman–Crippen LogP) is 4.35. The van der Waals surface area contributed by atoms with Gasteiger partial charge in [0.2, 0.25) is 15.9 Å². The van der Waals surface area contributed by atoms with Gasteiger partial charge in [0.25, 0.3) is 0 Å². The third-order valence-corrected chi connectivity index (χ3v) is 7.23. The van der Waals surface area contributed by atoms with E-state index in [0.29, 0.717) is 23.6 Å². The molecule has 7 nitrogen and oxygen atoms in total. The summed E-state index contributed by atoms with van der Waals surface area (Å²) in [6.45, 7) is 5.69. The van der Waals surface area contributed by atoms with Gasteiger partial charge < -0.3 is 9.84 Å². The Balaban J connectivity index is 1.71. The zero-order valence-electron chi connectivity index (χ0n) is 16.9. The van der Waals surface area contributed by atoms with Crippen molar-refractivity contribution in [1.82, 2.24) is 9.88 Å². The largest absolute Gasteiger partial charge is 0.354 e. The minimum Gasteiger partial charge on any atom is -0.354 e. The van der Waals surface area contributed by atoms with Crippen LogP contribution in [-0.2, 0) is 21.4 Å². The Hall–Kier alpha value is -2.75. The number of aryl methyl sites for hydroxylation is 2. The molecule has 0 aliphatic rings. The molecular weight excluding hydrogens is 422 g/mol. The monoisotopic (exact) mass is 445 g/mol. The number of anilines is 1. The van der Waals surface area contributed by atoms with Gasteiger partial charge in [-0.3, -0.25) is 4.79 Å². The highest BCUT2D eigenvalue weighted by molar-refractivity contribution is 7.91. The summed E-state index contributed by atoms with van der Waals surface area (Å²) in [6.07, 6.45) is 3.73. The Morgan fingerprint density at radius 2 is 2.00 bits per heavy atom. The highest BCUT2D eigenvalue weighted by Crippen LogP contribution is 2.26. The van der Waals surface area contributed by atoms with Gasteiger partial charge in [-0.2, -0.15) is 0 Å². The lowest BCUT2D eigenvalue weighted by Crippen LogP contribution is -2.22. The summed E-state index contributed by atoms with van der Waals surface area (Å²) < 4.78 is 33.3. The van der Waals surface area contributed by atoms with Gasteiger partial charge in [0.1, 0.15) is 15.6 Å². The molecule has 0 saturated heterocycles. The summed E-state index contributed by atoms with van der Waals surface area (Å²) in [5.41, 5.74) is 3.07. The fraction of sp³-hybridized carbons (Fsp3) is 0.238. The number of nitrogens with one attached hydrogen (secondary N) is 2. The van der Waals surface area contributed by atoms with E-state index < -0.39 is 10.0 Å². The molecule has 0 aliphatic carbocycles. The van der Waals surface area contributed by atoms with Crippen LogP contribution in [0.2, 0.25) is 0 Å². The molecule has 0 radical (unpaired) electrons. The lowest BCUT2D eigenvalue weighted by Gasteiger charge is -2.05. The van der Waals surface area contributed by atoms with Crippen LogP contribution in [0.1, 0.15) is 40.8 Å². The van der Waals surface area contributed by atoms with E-state index in [9.17, 15) is 13.2 Å². The van der Waals surface area contributed by atoms with Gasteiger partial charge >= 0.3 is 0 Å². The molecule has 0 atom stereocenters. The molecule has 0 unspecified atom stereocenters. The number of thiophene rings is 1. The van der Waals surface area contributed by atoms with Crippen LogP contribution in [0.15, 0.2) is 45.1 Å². The molecule has 2 heterocycles. The lowest BCUT2D eigenvalue weighted by atomic mass is 10.1. The Morgan fingerprint density at radius 1 is 1.20 bits per heavy atom. The van der Waals surface area contributed by atoms with Crippen molar-refractivity contribution in [3.05, 3.63) is 63.9 Å². The highest BCUT2D eigenvalue weighted by Gasteiger charge is 2.17. The smallest absolute Gasteiger partial charge is 0.250 e. The van der Waals surface area contributed by atoms with Crippen molar-refractivity contribution in [2.45, 2.75) is 37.9 Å². The van der Waals surface area contributed by atoms with Crippen LogP contribution in [0.3, 0.4) is 0 Å². The second kappa shape index (κ2) is 9.38. The normalized spacial score (nSPS) is 11.8. The molecule has 0 bridgehead atoms. The summed E-state index contributed by atoms with van der Waals surface area (Å²) >= 11 is 1.14. The second-order valence-electron chi connectivity index (χ2n) is 6.71. The van der Waals surface area contributed by atoms with E-state index in [-0.39, 0.29) is 16.7 Å². The van der Waals surface area contributed by atoms with Crippen LogP contribution in [0.4, 0.5) is 5.69 Å². The molecule has 30 heavy (non-hydrogen) atoms. The number of amides is 1. The minimum atomic E-state index is -3.61. The van der Waals surface area contributed by atoms with Crippen molar-refractivity contribution >= 4 is 45.1 Å². The second-order valence-corrected chi connectivity index (χ2v) is 9.82. The number of sulfonamides is 1. The number of rotatable bonds is 8. The maximum atomic E-state index is 12.6.